The number of furan rings is 1. The third kappa shape index (κ3) is 5.21. The molecule has 2 aromatic heterocycles. The monoisotopic (exact) mass is 506 g/mol. The molecule has 0 aliphatic rings. The number of rotatable bonds is 8. The molecule has 1 amide bonds. The Labute approximate surface area is 207 Å². The SMILES string of the molecule is CCc1cc2c(C(=O)NC)c(-c3ccc(F)cc3)oc2nc1NS(=O)(=O)CCc1cccc(C#N)c1. The topological polar surface area (TPSA) is 125 Å². The van der Waals surface area contributed by atoms with Gasteiger partial charge in [0.15, 0.2) is 0 Å². The number of fused-ring (bicyclic) bond motifs is 1. The van der Waals surface area contributed by atoms with Crippen molar-refractivity contribution in [1.82, 2.24) is 10.3 Å². The Balaban J connectivity index is 1.71. The lowest BCUT2D eigenvalue weighted by Crippen LogP contribution is -2.20. The quantitative estimate of drug-likeness (QED) is 0.365. The number of aryl methyl sites for hydroxylation is 2. The van der Waals surface area contributed by atoms with E-state index in [-0.39, 0.29) is 35.0 Å². The Hall–Kier alpha value is -4.23. The molecule has 4 aromatic rings. The standard InChI is InChI=1S/C26H23FN4O4S/c1-3-18-14-21-22(25(32)29-2)23(19-7-9-20(27)10-8-19)35-26(21)30-24(18)31-36(33,34)12-11-16-5-4-6-17(13-16)15-28/h4-10,13-14H,3,11-12H2,1-2H3,(H,29,32)(H,30,31). The van der Waals surface area contributed by atoms with E-state index in [0.29, 0.717) is 28.5 Å². The second-order valence-electron chi connectivity index (χ2n) is 8.08. The van der Waals surface area contributed by atoms with E-state index in [1.807, 2.05) is 13.0 Å². The van der Waals surface area contributed by atoms with Crippen LogP contribution in [0.4, 0.5) is 10.2 Å². The maximum absolute atomic E-state index is 13.4. The van der Waals surface area contributed by atoms with E-state index in [2.05, 4.69) is 15.0 Å². The fourth-order valence-electron chi connectivity index (χ4n) is 3.82. The van der Waals surface area contributed by atoms with E-state index in [1.165, 1.54) is 31.3 Å². The molecule has 10 heteroatoms. The fraction of sp³-hybridized carbons (Fsp3) is 0.192. The highest BCUT2D eigenvalue weighted by atomic mass is 32.2. The highest BCUT2D eigenvalue weighted by Gasteiger charge is 2.25. The minimum absolute atomic E-state index is 0.0737. The summed E-state index contributed by atoms with van der Waals surface area (Å²) in [5.41, 5.74) is 2.54. The molecule has 2 N–H and O–H groups in total. The number of amides is 1. The maximum atomic E-state index is 13.4. The molecule has 0 unspecified atom stereocenters. The van der Waals surface area contributed by atoms with Gasteiger partial charge in [0.1, 0.15) is 17.4 Å². The first-order valence-corrected chi connectivity index (χ1v) is 12.8. The Morgan fingerprint density at radius 1 is 1.17 bits per heavy atom. The lowest BCUT2D eigenvalue weighted by molar-refractivity contribution is 0.0964. The summed E-state index contributed by atoms with van der Waals surface area (Å²) in [6.45, 7) is 1.84. The van der Waals surface area contributed by atoms with Gasteiger partial charge in [0.2, 0.25) is 15.7 Å². The molecule has 0 saturated heterocycles. The molecule has 2 aromatic carbocycles. The second-order valence-corrected chi connectivity index (χ2v) is 9.92. The van der Waals surface area contributed by atoms with Crippen LogP contribution in [0.25, 0.3) is 22.4 Å². The van der Waals surface area contributed by atoms with Crippen molar-refractivity contribution < 1.29 is 22.0 Å². The van der Waals surface area contributed by atoms with E-state index in [9.17, 15) is 17.6 Å². The van der Waals surface area contributed by atoms with Gasteiger partial charge in [0.25, 0.3) is 5.91 Å². The molecule has 0 spiro atoms. The second kappa shape index (κ2) is 10.2. The summed E-state index contributed by atoms with van der Waals surface area (Å²) in [5.74, 6) is -0.744. The van der Waals surface area contributed by atoms with Gasteiger partial charge in [-0.15, -0.1) is 0 Å². The summed E-state index contributed by atoms with van der Waals surface area (Å²) in [6.07, 6.45) is 0.653. The number of benzene rings is 2. The van der Waals surface area contributed by atoms with Crippen LogP contribution in [0.3, 0.4) is 0 Å². The first kappa shape index (κ1) is 24.9. The van der Waals surface area contributed by atoms with Crippen LogP contribution in [0.5, 0.6) is 0 Å². The summed E-state index contributed by atoms with van der Waals surface area (Å²) in [5, 5.41) is 12.0. The number of carbonyl (C=O) groups is 1. The van der Waals surface area contributed by atoms with Crippen LogP contribution in [-0.4, -0.2) is 32.1 Å². The predicted molar refractivity (Wildman–Crippen MR) is 134 cm³/mol. The van der Waals surface area contributed by atoms with Crippen molar-refractivity contribution in [2.24, 2.45) is 0 Å². The van der Waals surface area contributed by atoms with Crippen molar-refractivity contribution in [2.45, 2.75) is 19.8 Å². The molecule has 0 radical (unpaired) electrons. The average Bonchev–Trinajstić information content (AvgIpc) is 3.25. The van der Waals surface area contributed by atoms with Crippen LogP contribution >= 0.6 is 0 Å². The average molecular weight is 507 g/mol. The molecule has 0 atom stereocenters. The zero-order chi connectivity index (χ0) is 25.9. The van der Waals surface area contributed by atoms with Crippen LogP contribution < -0.4 is 10.0 Å². The van der Waals surface area contributed by atoms with Crippen LogP contribution in [0.2, 0.25) is 0 Å². The first-order valence-electron chi connectivity index (χ1n) is 11.2. The molecule has 8 nitrogen and oxygen atoms in total. The predicted octanol–water partition coefficient (Wildman–Crippen LogP) is 4.41. The number of aromatic nitrogens is 1. The largest absolute Gasteiger partial charge is 0.437 e. The third-order valence-electron chi connectivity index (χ3n) is 5.67. The normalized spacial score (nSPS) is 11.3. The van der Waals surface area contributed by atoms with E-state index in [4.69, 9.17) is 9.68 Å². The molecule has 0 saturated carbocycles. The van der Waals surface area contributed by atoms with Crippen molar-refractivity contribution >= 4 is 32.8 Å². The number of anilines is 1. The highest BCUT2D eigenvalue weighted by Crippen LogP contribution is 2.35. The molecule has 184 valence electrons. The molecule has 36 heavy (non-hydrogen) atoms. The molecule has 0 aliphatic heterocycles. The summed E-state index contributed by atoms with van der Waals surface area (Å²) in [7, 11) is -2.31. The third-order valence-corrected chi connectivity index (χ3v) is 6.92. The van der Waals surface area contributed by atoms with Gasteiger partial charge < -0.3 is 9.73 Å². The van der Waals surface area contributed by atoms with Crippen LogP contribution in [0.1, 0.15) is 34.0 Å². The van der Waals surface area contributed by atoms with Gasteiger partial charge in [-0.25, -0.2) is 12.8 Å². The molecule has 2 heterocycles. The minimum Gasteiger partial charge on any atom is -0.437 e. The maximum Gasteiger partial charge on any atom is 0.255 e. The van der Waals surface area contributed by atoms with Gasteiger partial charge in [-0.3, -0.25) is 9.52 Å². The van der Waals surface area contributed by atoms with Crippen LogP contribution in [0, 0.1) is 17.1 Å². The lowest BCUT2D eigenvalue weighted by Gasteiger charge is -2.11. The molecular formula is C26H23FN4O4S. The number of pyridine rings is 1. The number of halogens is 1. The number of hydrogen-bond acceptors (Lipinski definition) is 6. The Morgan fingerprint density at radius 3 is 2.58 bits per heavy atom. The smallest absolute Gasteiger partial charge is 0.255 e. The zero-order valence-electron chi connectivity index (χ0n) is 19.6. The van der Waals surface area contributed by atoms with E-state index >= 15 is 0 Å². The Bertz CT molecular complexity index is 1590. The van der Waals surface area contributed by atoms with Crippen molar-refractivity contribution in [2.75, 3.05) is 17.5 Å². The minimum atomic E-state index is -3.79. The summed E-state index contributed by atoms with van der Waals surface area (Å²) < 4.78 is 47.6. The number of nitriles is 1. The molecule has 0 aliphatic carbocycles. The van der Waals surface area contributed by atoms with Gasteiger partial charge in [-0.1, -0.05) is 19.1 Å². The van der Waals surface area contributed by atoms with Gasteiger partial charge in [0, 0.05) is 12.6 Å². The number of nitrogens with one attached hydrogen (secondary N) is 2. The molecular weight excluding hydrogens is 483 g/mol. The molecule has 0 fully saturated rings. The number of sulfonamides is 1. The number of nitrogens with zero attached hydrogens (tertiary/aromatic N) is 2. The van der Waals surface area contributed by atoms with Gasteiger partial charge in [-0.2, -0.15) is 10.2 Å². The first-order chi connectivity index (χ1) is 17.2. The highest BCUT2D eigenvalue weighted by molar-refractivity contribution is 7.92. The van der Waals surface area contributed by atoms with Gasteiger partial charge in [-0.05, 0) is 66.4 Å². The van der Waals surface area contributed by atoms with Crippen LogP contribution in [-0.2, 0) is 22.9 Å². The van der Waals surface area contributed by atoms with Gasteiger partial charge >= 0.3 is 0 Å². The lowest BCUT2D eigenvalue weighted by atomic mass is 10.0. The Kier molecular flexibility index (Phi) is 7.03. The van der Waals surface area contributed by atoms with E-state index < -0.39 is 21.7 Å². The van der Waals surface area contributed by atoms with Gasteiger partial charge in [0.05, 0.1) is 28.3 Å². The number of carbonyl (C=O) groups excluding carboxylic acids is 1. The van der Waals surface area contributed by atoms with Crippen molar-refractivity contribution in [3.63, 3.8) is 0 Å². The molecule has 4 rings (SSSR count). The van der Waals surface area contributed by atoms with E-state index in [1.54, 1.807) is 30.3 Å². The van der Waals surface area contributed by atoms with E-state index in [0.717, 1.165) is 5.56 Å². The number of hydrogen-bond donors (Lipinski definition) is 2. The van der Waals surface area contributed by atoms with Crippen molar-refractivity contribution in [3.8, 4) is 17.4 Å². The summed E-state index contributed by atoms with van der Waals surface area (Å²) >= 11 is 0. The van der Waals surface area contributed by atoms with Crippen molar-refractivity contribution in [1.29, 1.82) is 5.26 Å². The van der Waals surface area contributed by atoms with Crippen molar-refractivity contribution in [3.05, 3.63) is 82.7 Å². The Morgan fingerprint density at radius 2 is 1.92 bits per heavy atom. The summed E-state index contributed by atoms with van der Waals surface area (Å²) in [6, 6.07) is 16.0. The molecule has 0 bridgehead atoms. The summed E-state index contributed by atoms with van der Waals surface area (Å²) in [4.78, 5) is 17.1. The fourth-order valence-corrected chi connectivity index (χ4v) is 4.90. The van der Waals surface area contributed by atoms with Crippen LogP contribution in [0.15, 0.2) is 59.0 Å². The zero-order valence-corrected chi connectivity index (χ0v) is 20.4.